The molecule has 0 saturated heterocycles. The third-order valence-electron chi connectivity index (χ3n) is 6.39. The van der Waals surface area contributed by atoms with Gasteiger partial charge in [0, 0.05) is 18.3 Å². The smallest absolute Gasteiger partial charge is 0.328 e. The number of hydrogen-bond donors (Lipinski definition) is 3. The van der Waals surface area contributed by atoms with Crippen molar-refractivity contribution < 1.29 is 9.90 Å². The second kappa shape index (κ2) is 13.5. The molecule has 4 heteroatoms. The lowest BCUT2D eigenvalue weighted by Crippen LogP contribution is -2.19. The van der Waals surface area contributed by atoms with Crippen LogP contribution in [-0.4, -0.2) is 22.1 Å². The molecule has 176 valence electrons. The lowest BCUT2D eigenvalue weighted by molar-refractivity contribution is -0.131. The molecule has 0 bridgehead atoms. The van der Waals surface area contributed by atoms with E-state index in [1.54, 1.807) is 6.08 Å². The van der Waals surface area contributed by atoms with Crippen molar-refractivity contribution >= 4 is 22.6 Å². The highest BCUT2D eigenvalue weighted by atomic mass is 16.4. The summed E-state index contributed by atoms with van der Waals surface area (Å²) in [5, 5.41) is 15.1. The van der Waals surface area contributed by atoms with Crippen LogP contribution in [0.25, 0.3) is 10.8 Å². The largest absolute Gasteiger partial charge is 0.478 e. The molecule has 2 unspecified atom stereocenters. The van der Waals surface area contributed by atoms with E-state index in [2.05, 4.69) is 59.7 Å². The SMILES string of the molecule is CCCCCCCCC(CCC(C=CC(=O)O)Nc1ccc[nH]1)c1ccc2ccccc2c1. The van der Waals surface area contributed by atoms with Crippen LogP contribution in [0.15, 0.2) is 72.9 Å². The maximum atomic E-state index is 11.1. The number of rotatable bonds is 15. The van der Waals surface area contributed by atoms with Crippen molar-refractivity contribution in [2.24, 2.45) is 0 Å². The van der Waals surface area contributed by atoms with Crippen LogP contribution in [0.4, 0.5) is 5.82 Å². The summed E-state index contributed by atoms with van der Waals surface area (Å²) in [4.78, 5) is 14.3. The number of fused-ring (bicyclic) bond motifs is 1. The Kier molecular flexibility index (Phi) is 10.1. The first kappa shape index (κ1) is 24.6. The number of hydrogen-bond acceptors (Lipinski definition) is 2. The van der Waals surface area contributed by atoms with Crippen molar-refractivity contribution in [1.29, 1.82) is 0 Å². The van der Waals surface area contributed by atoms with Gasteiger partial charge in [-0.1, -0.05) is 94.0 Å². The van der Waals surface area contributed by atoms with Crippen molar-refractivity contribution in [1.82, 2.24) is 4.98 Å². The molecule has 2 atom stereocenters. The Bertz CT molecular complexity index is 994. The van der Waals surface area contributed by atoms with Gasteiger partial charge in [0.1, 0.15) is 5.82 Å². The van der Waals surface area contributed by atoms with Crippen LogP contribution in [0.1, 0.15) is 76.2 Å². The van der Waals surface area contributed by atoms with Gasteiger partial charge >= 0.3 is 5.97 Å². The van der Waals surface area contributed by atoms with Crippen molar-refractivity contribution in [3.8, 4) is 0 Å². The molecule has 3 aromatic rings. The fraction of sp³-hybridized carbons (Fsp3) is 0.414. The molecule has 33 heavy (non-hydrogen) atoms. The summed E-state index contributed by atoms with van der Waals surface area (Å²) in [6.45, 7) is 2.26. The number of H-pyrrole nitrogens is 1. The van der Waals surface area contributed by atoms with Crippen LogP contribution < -0.4 is 5.32 Å². The molecule has 0 radical (unpaired) electrons. The Balaban J connectivity index is 1.69. The van der Waals surface area contributed by atoms with Crippen molar-refractivity contribution in [3.63, 3.8) is 0 Å². The van der Waals surface area contributed by atoms with Crippen molar-refractivity contribution in [2.75, 3.05) is 5.32 Å². The Hall–Kier alpha value is -3.01. The molecule has 0 aliphatic heterocycles. The Morgan fingerprint density at radius 2 is 1.73 bits per heavy atom. The van der Waals surface area contributed by atoms with Crippen LogP contribution in [0.5, 0.6) is 0 Å². The minimum atomic E-state index is -0.911. The number of unbranched alkanes of at least 4 members (excludes halogenated alkanes) is 5. The molecule has 0 fully saturated rings. The summed E-state index contributed by atoms with van der Waals surface area (Å²) in [6, 6.07) is 19.3. The minimum absolute atomic E-state index is 0.0349. The average Bonchev–Trinajstić information content (AvgIpc) is 3.34. The molecule has 0 aliphatic carbocycles. The molecular weight excluding hydrogens is 408 g/mol. The lowest BCUT2D eigenvalue weighted by Gasteiger charge is -2.22. The molecular formula is C29H38N2O2. The standard InChI is InChI=1S/C29H38N2O2/c1-2-3-4-5-6-7-11-24(26-16-15-23-12-8-9-13-25(23)22-26)17-18-27(19-20-29(32)33)31-28-14-10-21-30-28/h8-10,12-16,19-22,24,27,30-31H,2-7,11,17-18H2,1H3,(H,32,33). The first-order chi connectivity index (χ1) is 16.2. The van der Waals surface area contributed by atoms with E-state index in [1.165, 1.54) is 67.4 Å². The van der Waals surface area contributed by atoms with E-state index >= 15 is 0 Å². The maximum Gasteiger partial charge on any atom is 0.328 e. The zero-order valence-electron chi connectivity index (χ0n) is 19.8. The minimum Gasteiger partial charge on any atom is -0.478 e. The highest BCUT2D eigenvalue weighted by Crippen LogP contribution is 2.31. The van der Waals surface area contributed by atoms with Gasteiger partial charge < -0.3 is 15.4 Å². The van der Waals surface area contributed by atoms with Gasteiger partial charge in [-0.05, 0) is 53.6 Å². The first-order valence-corrected chi connectivity index (χ1v) is 12.5. The van der Waals surface area contributed by atoms with E-state index in [-0.39, 0.29) is 6.04 Å². The topological polar surface area (TPSA) is 65.1 Å². The number of anilines is 1. The molecule has 0 aliphatic rings. The summed E-state index contributed by atoms with van der Waals surface area (Å²) >= 11 is 0. The fourth-order valence-electron chi connectivity index (χ4n) is 4.53. The van der Waals surface area contributed by atoms with Crippen LogP contribution in [-0.2, 0) is 4.79 Å². The van der Waals surface area contributed by atoms with Gasteiger partial charge in [0.25, 0.3) is 0 Å². The zero-order valence-corrected chi connectivity index (χ0v) is 19.8. The van der Waals surface area contributed by atoms with Crippen LogP contribution in [0.2, 0.25) is 0 Å². The van der Waals surface area contributed by atoms with Crippen LogP contribution >= 0.6 is 0 Å². The van der Waals surface area contributed by atoms with Gasteiger partial charge in [-0.2, -0.15) is 0 Å². The predicted octanol–water partition coefficient (Wildman–Crippen LogP) is 7.90. The number of aromatic nitrogens is 1. The second-order valence-corrected chi connectivity index (χ2v) is 8.97. The molecule has 3 rings (SSSR count). The molecule has 4 nitrogen and oxygen atoms in total. The van der Waals surface area contributed by atoms with Crippen molar-refractivity contribution in [3.05, 3.63) is 78.5 Å². The maximum absolute atomic E-state index is 11.1. The molecule has 0 saturated carbocycles. The summed E-state index contributed by atoms with van der Waals surface area (Å²) in [7, 11) is 0. The van der Waals surface area contributed by atoms with E-state index in [0.717, 1.165) is 18.7 Å². The summed E-state index contributed by atoms with van der Waals surface area (Å²) < 4.78 is 0. The molecule has 0 spiro atoms. The first-order valence-electron chi connectivity index (χ1n) is 12.5. The van der Waals surface area contributed by atoms with Gasteiger partial charge in [0.15, 0.2) is 0 Å². The quantitative estimate of drug-likeness (QED) is 0.164. The van der Waals surface area contributed by atoms with Gasteiger partial charge in [-0.25, -0.2) is 4.79 Å². The van der Waals surface area contributed by atoms with Crippen LogP contribution in [0, 0.1) is 0 Å². The fourth-order valence-corrected chi connectivity index (χ4v) is 4.53. The second-order valence-electron chi connectivity index (χ2n) is 8.97. The lowest BCUT2D eigenvalue weighted by atomic mass is 9.86. The normalized spacial score (nSPS) is 13.4. The molecule has 1 aromatic heterocycles. The zero-order chi connectivity index (χ0) is 23.3. The van der Waals surface area contributed by atoms with Gasteiger partial charge in [-0.15, -0.1) is 0 Å². The molecule has 3 N–H and O–H groups in total. The highest BCUT2D eigenvalue weighted by molar-refractivity contribution is 5.83. The summed E-state index contributed by atoms with van der Waals surface area (Å²) in [6.07, 6.45) is 15.7. The number of carboxylic acids is 1. The molecule has 1 heterocycles. The Morgan fingerprint density at radius 3 is 2.48 bits per heavy atom. The monoisotopic (exact) mass is 446 g/mol. The van der Waals surface area contributed by atoms with Gasteiger partial charge in [0.2, 0.25) is 0 Å². The Morgan fingerprint density at radius 1 is 0.939 bits per heavy atom. The number of benzene rings is 2. The molecule has 0 amide bonds. The number of aromatic amines is 1. The Labute approximate surface area is 198 Å². The molecule has 2 aromatic carbocycles. The van der Waals surface area contributed by atoms with E-state index in [0.29, 0.717) is 5.92 Å². The third-order valence-corrected chi connectivity index (χ3v) is 6.39. The predicted molar refractivity (Wildman–Crippen MR) is 139 cm³/mol. The van der Waals surface area contributed by atoms with Gasteiger partial charge in [-0.3, -0.25) is 0 Å². The number of carboxylic acid groups (broad SMARTS) is 1. The third kappa shape index (κ3) is 8.45. The van der Waals surface area contributed by atoms with E-state index < -0.39 is 5.97 Å². The summed E-state index contributed by atoms with van der Waals surface area (Å²) in [5.41, 5.74) is 1.39. The number of carbonyl (C=O) groups is 1. The van der Waals surface area contributed by atoms with Crippen molar-refractivity contribution in [2.45, 2.75) is 76.7 Å². The summed E-state index contributed by atoms with van der Waals surface area (Å²) in [5.74, 6) is 0.464. The van der Waals surface area contributed by atoms with E-state index in [4.69, 9.17) is 5.11 Å². The highest BCUT2D eigenvalue weighted by Gasteiger charge is 2.15. The number of aliphatic carboxylic acids is 1. The number of nitrogens with one attached hydrogen (secondary N) is 2. The van der Waals surface area contributed by atoms with E-state index in [9.17, 15) is 4.79 Å². The van der Waals surface area contributed by atoms with Crippen LogP contribution in [0.3, 0.4) is 0 Å². The van der Waals surface area contributed by atoms with Gasteiger partial charge in [0.05, 0.1) is 0 Å². The average molecular weight is 447 g/mol. The van der Waals surface area contributed by atoms with E-state index in [1.807, 2.05) is 18.3 Å².